The Morgan fingerprint density at radius 1 is 1.32 bits per heavy atom. The molecule has 2 aromatic heterocycles. The maximum Gasteiger partial charge on any atom is 0.215 e. The third-order valence-corrected chi connectivity index (χ3v) is 4.59. The van der Waals surface area contributed by atoms with Gasteiger partial charge in [0.15, 0.2) is 0 Å². The molecule has 0 radical (unpaired) electrons. The van der Waals surface area contributed by atoms with E-state index in [2.05, 4.69) is 41.0 Å². The predicted molar refractivity (Wildman–Crippen MR) is 106 cm³/mol. The molecule has 25 heavy (non-hydrogen) atoms. The first-order chi connectivity index (χ1) is 11.9. The minimum Gasteiger partial charge on any atom is -0.383 e. The van der Waals surface area contributed by atoms with Crippen LogP contribution in [0, 0.1) is 5.41 Å². The fraction of sp³-hybridized carbons (Fsp3) is 0.421. The fourth-order valence-corrected chi connectivity index (χ4v) is 3.01. The highest BCUT2D eigenvalue weighted by Crippen LogP contribution is 2.24. The summed E-state index contributed by atoms with van der Waals surface area (Å²) in [6, 6.07) is 9.31. The van der Waals surface area contributed by atoms with E-state index >= 15 is 0 Å². The molecule has 138 valence electrons. The number of nitrogens with one attached hydrogen (secondary N) is 1. The van der Waals surface area contributed by atoms with E-state index in [1.54, 1.807) is 24.4 Å². The van der Waals surface area contributed by atoms with Gasteiger partial charge in [0, 0.05) is 36.2 Å². The van der Waals surface area contributed by atoms with Gasteiger partial charge in [0.25, 0.3) is 0 Å². The van der Waals surface area contributed by atoms with Gasteiger partial charge >= 0.3 is 0 Å². The van der Waals surface area contributed by atoms with Gasteiger partial charge in [0.2, 0.25) is 5.78 Å². The molecule has 0 spiro atoms. The van der Waals surface area contributed by atoms with Gasteiger partial charge in [-0.25, -0.2) is 9.97 Å². The first kappa shape index (κ1) is 17.4. The van der Waals surface area contributed by atoms with Crippen molar-refractivity contribution in [3.8, 4) is 0 Å². The Morgan fingerprint density at radius 3 is 2.84 bits per heavy atom. The normalized spacial score (nSPS) is 18.2. The summed E-state index contributed by atoms with van der Waals surface area (Å²) in [6.07, 6.45) is 1.57. The number of piperazine rings is 1. The molecule has 2 aromatic rings. The lowest BCUT2D eigenvalue weighted by atomic mass is 9.85. The lowest BCUT2D eigenvalue weighted by Crippen LogP contribution is -2.56. The Bertz CT molecular complexity index is 782. The largest absolute Gasteiger partial charge is 0.383 e. The Labute approximate surface area is 152 Å². The molecular weight excluding hydrogens is 314 g/mol. The van der Waals surface area contributed by atoms with Crippen LogP contribution in [0.3, 0.4) is 0 Å². The summed E-state index contributed by atoms with van der Waals surface area (Å²) in [5.41, 5.74) is 6.77. The molecule has 0 aromatic carbocycles. The second-order valence-corrected chi connectivity index (χ2v) is 7.47. The maximum absolute atomic E-state index is 12.7. The third-order valence-electron chi connectivity index (χ3n) is 4.59. The highest BCUT2D eigenvalue weighted by molar-refractivity contribution is 6.10. The number of hydrogen-bond donors (Lipinski definition) is 2. The smallest absolute Gasteiger partial charge is 0.215 e. The van der Waals surface area contributed by atoms with Gasteiger partial charge in [0.05, 0.1) is 5.56 Å². The average molecular weight is 345 g/mol. The Morgan fingerprint density at radius 2 is 2.12 bits per heavy atom. The maximum atomic E-state index is 12.7. The second kappa shape index (κ2) is 6.80. The Kier molecular flexibility index (Phi) is 4.72. The van der Waals surface area contributed by atoms with Crippen molar-refractivity contribution in [2.24, 2.45) is 5.41 Å². The molecule has 1 atom stereocenters. The molecule has 3 heterocycles. The SMILES string of the molecule is CC(C)(C)[C@H]1CN(c2cccc(C(=O)c3cccnc3N)n2)CCN1.[HH].[HH].[HH]. The summed E-state index contributed by atoms with van der Waals surface area (Å²) < 4.78 is 0. The topological polar surface area (TPSA) is 84.1 Å². The van der Waals surface area contributed by atoms with Gasteiger partial charge in [-0.3, -0.25) is 4.79 Å². The van der Waals surface area contributed by atoms with E-state index in [-0.39, 0.29) is 21.3 Å². The van der Waals surface area contributed by atoms with E-state index < -0.39 is 0 Å². The van der Waals surface area contributed by atoms with E-state index in [1.807, 2.05) is 12.1 Å². The predicted octanol–water partition coefficient (Wildman–Crippen LogP) is 2.85. The van der Waals surface area contributed by atoms with Crippen LogP contribution in [0.1, 0.15) is 41.1 Å². The van der Waals surface area contributed by atoms with Crippen LogP contribution >= 0.6 is 0 Å². The van der Waals surface area contributed by atoms with E-state index in [0.717, 1.165) is 25.5 Å². The lowest BCUT2D eigenvalue weighted by Gasteiger charge is -2.41. The molecule has 1 aliphatic rings. The molecule has 0 bridgehead atoms. The molecule has 3 N–H and O–H groups in total. The average Bonchev–Trinajstić information content (AvgIpc) is 2.61. The summed E-state index contributed by atoms with van der Waals surface area (Å²) in [5.74, 6) is 0.855. The van der Waals surface area contributed by atoms with Crippen molar-refractivity contribution in [2.75, 3.05) is 30.3 Å². The van der Waals surface area contributed by atoms with Crippen molar-refractivity contribution in [1.29, 1.82) is 0 Å². The molecule has 0 unspecified atom stereocenters. The van der Waals surface area contributed by atoms with E-state index in [4.69, 9.17) is 5.73 Å². The quantitative estimate of drug-likeness (QED) is 0.832. The molecule has 1 fully saturated rings. The number of aromatic nitrogens is 2. The lowest BCUT2D eigenvalue weighted by molar-refractivity contribution is 0.103. The Hall–Kier alpha value is -2.47. The number of carbonyl (C=O) groups is 1. The molecule has 0 saturated carbocycles. The van der Waals surface area contributed by atoms with Crippen molar-refractivity contribution in [3.05, 3.63) is 47.8 Å². The number of nitrogens with two attached hydrogens (primary N) is 1. The van der Waals surface area contributed by atoms with Crippen molar-refractivity contribution in [1.82, 2.24) is 15.3 Å². The van der Waals surface area contributed by atoms with Crippen LogP contribution in [0.2, 0.25) is 0 Å². The number of hydrogen-bond acceptors (Lipinski definition) is 6. The highest BCUT2D eigenvalue weighted by atomic mass is 16.1. The van der Waals surface area contributed by atoms with Crippen LogP contribution in [-0.2, 0) is 0 Å². The van der Waals surface area contributed by atoms with E-state index in [1.165, 1.54) is 0 Å². The van der Waals surface area contributed by atoms with Gasteiger partial charge < -0.3 is 16.0 Å². The second-order valence-electron chi connectivity index (χ2n) is 7.47. The molecule has 1 aliphatic heterocycles. The number of nitrogens with zero attached hydrogens (tertiary/aromatic N) is 3. The number of nitrogen functional groups attached to an aromatic ring is 1. The molecule has 0 aliphatic carbocycles. The molecule has 6 nitrogen and oxygen atoms in total. The number of pyridine rings is 2. The fourth-order valence-electron chi connectivity index (χ4n) is 3.01. The van der Waals surface area contributed by atoms with Crippen molar-refractivity contribution in [3.63, 3.8) is 0 Å². The first-order valence-electron chi connectivity index (χ1n) is 8.57. The zero-order chi connectivity index (χ0) is 18.0. The number of ketones is 1. The van der Waals surface area contributed by atoms with Crippen molar-refractivity contribution in [2.45, 2.75) is 26.8 Å². The van der Waals surface area contributed by atoms with Crippen LogP contribution < -0.4 is 16.0 Å². The Balaban J connectivity index is 0.00000243. The molecule has 1 saturated heterocycles. The van der Waals surface area contributed by atoms with Crippen molar-refractivity contribution < 1.29 is 9.07 Å². The first-order valence-corrected chi connectivity index (χ1v) is 8.57. The van der Waals surface area contributed by atoms with Crippen LogP contribution in [0.4, 0.5) is 11.6 Å². The molecule has 6 heteroatoms. The van der Waals surface area contributed by atoms with Crippen LogP contribution in [0.15, 0.2) is 36.5 Å². The molecule has 0 amide bonds. The minimum atomic E-state index is -0.199. The monoisotopic (exact) mass is 345 g/mol. The van der Waals surface area contributed by atoms with Gasteiger partial charge in [0.1, 0.15) is 17.3 Å². The third kappa shape index (κ3) is 3.79. The summed E-state index contributed by atoms with van der Waals surface area (Å²) in [7, 11) is 0. The summed E-state index contributed by atoms with van der Waals surface area (Å²) >= 11 is 0. The highest BCUT2D eigenvalue weighted by Gasteiger charge is 2.30. The summed E-state index contributed by atoms with van der Waals surface area (Å²) in [5, 5.41) is 3.57. The molecule has 3 rings (SSSR count). The van der Waals surface area contributed by atoms with E-state index in [9.17, 15) is 4.79 Å². The summed E-state index contributed by atoms with van der Waals surface area (Å²) in [4.78, 5) is 23.5. The number of carbonyl (C=O) groups excluding carboxylic acids is 1. The van der Waals surface area contributed by atoms with Gasteiger partial charge in [-0.1, -0.05) is 26.8 Å². The van der Waals surface area contributed by atoms with Gasteiger partial charge in [-0.15, -0.1) is 0 Å². The minimum absolute atomic E-state index is 0. The van der Waals surface area contributed by atoms with Gasteiger partial charge in [-0.2, -0.15) is 0 Å². The van der Waals surface area contributed by atoms with Gasteiger partial charge in [-0.05, 0) is 29.7 Å². The summed E-state index contributed by atoms with van der Waals surface area (Å²) in [6.45, 7) is 9.32. The zero-order valence-corrected chi connectivity index (χ0v) is 15.0. The number of anilines is 2. The van der Waals surface area contributed by atoms with Crippen molar-refractivity contribution >= 4 is 17.4 Å². The zero-order valence-electron chi connectivity index (χ0n) is 15.0. The van der Waals surface area contributed by atoms with Crippen LogP contribution in [0.5, 0.6) is 0 Å². The van der Waals surface area contributed by atoms with Crippen LogP contribution in [0.25, 0.3) is 0 Å². The number of rotatable bonds is 3. The molecular formula is C19H31N5O. The van der Waals surface area contributed by atoms with E-state index in [0.29, 0.717) is 17.3 Å². The standard InChI is InChI=1S/C19H25N5O.3H2/c1-19(2,3)15-12-24(11-10-21-15)16-8-4-7-14(23-16)17(25)13-6-5-9-22-18(13)20;;;/h4-9,15,21H,10-12H2,1-3H3,(H2,20,22);3*1H/t15-;;;/m1.../s1. The van der Waals surface area contributed by atoms with Crippen LogP contribution in [-0.4, -0.2) is 41.4 Å².